The summed E-state index contributed by atoms with van der Waals surface area (Å²) in [5.74, 6) is 0. The number of fused-ring (bicyclic) bond motifs is 9. The highest BCUT2D eigenvalue weighted by atomic mass is 32.1. The van der Waals surface area contributed by atoms with Crippen LogP contribution < -0.4 is 0 Å². The summed E-state index contributed by atoms with van der Waals surface area (Å²) in [5.41, 5.74) is 11.7. The SMILES string of the molecule is CC1(C)c2ccccc2-c2cc3c(cc21)sc1cccc(-c2cc(C#N)ccc2-n2c4ccccc4c4ccccc42)c13. The Morgan fingerprint density at radius 1 is 0.581 bits per heavy atom. The molecule has 0 spiro atoms. The summed E-state index contributed by atoms with van der Waals surface area (Å²) in [7, 11) is 0. The van der Waals surface area contributed by atoms with E-state index in [4.69, 9.17) is 0 Å². The van der Waals surface area contributed by atoms with Gasteiger partial charge in [0.25, 0.3) is 0 Å². The highest BCUT2D eigenvalue weighted by Crippen LogP contribution is 2.52. The van der Waals surface area contributed by atoms with Crippen molar-refractivity contribution in [3.63, 3.8) is 0 Å². The van der Waals surface area contributed by atoms with Crippen LogP contribution in [0.4, 0.5) is 0 Å². The van der Waals surface area contributed by atoms with Crippen molar-refractivity contribution in [3.8, 4) is 34.0 Å². The molecule has 2 heterocycles. The lowest BCUT2D eigenvalue weighted by Crippen LogP contribution is -2.14. The van der Waals surface area contributed by atoms with Crippen LogP contribution in [-0.4, -0.2) is 4.57 Å². The van der Waals surface area contributed by atoms with Gasteiger partial charge in [0.2, 0.25) is 0 Å². The summed E-state index contributed by atoms with van der Waals surface area (Å²) < 4.78 is 4.93. The van der Waals surface area contributed by atoms with E-state index < -0.39 is 0 Å². The highest BCUT2D eigenvalue weighted by Gasteiger charge is 2.35. The molecule has 0 amide bonds. The third-order valence-corrected chi connectivity index (χ3v) is 10.6. The molecule has 0 N–H and O–H groups in total. The first-order chi connectivity index (χ1) is 21.0. The van der Waals surface area contributed by atoms with Crippen molar-refractivity contribution in [3.05, 3.63) is 138 Å². The molecule has 0 aliphatic heterocycles. The van der Waals surface area contributed by atoms with E-state index in [1.165, 1.54) is 53.2 Å². The first kappa shape index (κ1) is 24.4. The van der Waals surface area contributed by atoms with E-state index in [0.29, 0.717) is 5.56 Å². The molecule has 2 aromatic heterocycles. The van der Waals surface area contributed by atoms with Gasteiger partial charge >= 0.3 is 0 Å². The summed E-state index contributed by atoms with van der Waals surface area (Å²) >= 11 is 1.86. The van der Waals surface area contributed by atoms with Crippen molar-refractivity contribution in [2.45, 2.75) is 19.3 Å². The zero-order chi connectivity index (χ0) is 28.9. The minimum Gasteiger partial charge on any atom is -0.309 e. The Balaban J connectivity index is 1.39. The van der Waals surface area contributed by atoms with Gasteiger partial charge < -0.3 is 4.57 Å². The van der Waals surface area contributed by atoms with Crippen molar-refractivity contribution < 1.29 is 0 Å². The Kier molecular flexibility index (Phi) is 4.93. The molecule has 0 radical (unpaired) electrons. The minimum atomic E-state index is -0.0377. The lowest BCUT2D eigenvalue weighted by Gasteiger charge is -2.21. The average molecular weight is 567 g/mol. The average Bonchev–Trinajstić information content (AvgIpc) is 3.66. The molecule has 0 unspecified atom stereocenters. The van der Waals surface area contributed by atoms with E-state index in [9.17, 15) is 5.26 Å². The predicted molar refractivity (Wildman–Crippen MR) is 181 cm³/mol. The third kappa shape index (κ3) is 3.27. The van der Waals surface area contributed by atoms with E-state index in [0.717, 1.165) is 27.8 Å². The Labute approximate surface area is 253 Å². The van der Waals surface area contributed by atoms with Crippen molar-refractivity contribution >= 4 is 53.3 Å². The van der Waals surface area contributed by atoms with Gasteiger partial charge in [-0.15, -0.1) is 11.3 Å². The molecule has 8 aromatic rings. The molecule has 6 aromatic carbocycles. The van der Waals surface area contributed by atoms with Crippen LogP contribution in [0.3, 0.4) is 0 Å². The van der Waals surface area contributed by atoms with Gasteiger partial charge in [-0.3, -0.25) is 0 Å². The van der Waals surface area contributed by atoms with Crippen LogP contribution in [0.1, 0.15) is 30.5 Å². The number of benzene rings is 6. The monoisotopic (exact) mass is 566 g/mol. The first-order valence-corrected chi connectivity index (χ1v) is 15.5. The maximum atomic E-state index is 10.0. The van der Waals surface area contributed by atoms with Crippen LogP contribution in [0.25, 0.3) is 69.9 Å². The van der Waals surface area contributed by atoms with Crippen molar-refractivity contribution in [1.29, 1.82) is 5.26 Å². The van der Waals surface area contributed by atoms with Crippen molar-refractivity contribution in [2.24, 2.45) is 0 Å². The number of nitriles is 1. The summed E-state index contributed by atoms with van der Waals surface area (Å²) in [6, 6.07) is 46.1. The fourth-order valence-electron chi connectivity index (χ4n) is 7.44. The quantitative estimate of drug-likeness (QED) is 0.205. The fourth-order valence-corrected chi connectivity index (χ4v) is 8.60. The number of para-hydroxylation sites is 2. The standard InChI is InChI=1S/C40H26N2S/c1-40(2)32-14-6-3-10-25(32)29-21-31-38(22-33(29)40)43-37-17-9-13-28(39(31)37)30-20-24(23-41)18-19-36(30)42-34-15-7-4-11-26(34)27-12-5-8-16-35(27)42/h3-22H,1-2H3. The molecule has 202 valence electrons. The molecule has 9 rings (SSSR count). The molecule has 1 aliphatic rings. The zero-order valence-electron chi connectivity index (χ0n) is 23.8. The smallest absolute Gasteiger partial charge is 0.0991 e. The Hall–Kier alpha value is -5.17. The van der Waals surface area contributed by atoms with E-state index in [2.05, 4.69) is 140 Å². The van der Waals surface area contributed by atoms with Gasteiger partial charge in [-0.25, -0.2) is 0 Å². The van der Waals surface area contributed by atoms with Gasteiger partial charge in [-0.1, -0.05) is 86.6 Å². The second kappa shape index (κ2) is 8.67. The van der Waals surface area contributed by atoms with Crippen LogP contribution in [0.5, 0.6) is 0 Å². The number of thiophene rings is 1. The minimum absolute atomic E-state index is 0.0377. The molecule has 2 nitrogen and oxygen atoms in total. The summed E-state index contributed by atoms with van der Waals surface area (Å²) in [6.45, 7) is 4.68. The lowest BCUT2D eigenvalue weighted by molar-refractivity contribution is 0.661. The Bertz CT molecular complexity index is 2450. The Morgan fingerprint density at radius 2 is 1.28 bits per heavy atom. The second-order valence-electron chi connectivity index (χ2n) is 12.1. The van der Waals surface area contributed by atoms with Crippen LogP contribution in [0.2, 0.25) is 0 Å². The second-order valence-corrected chi connectivity index (χ2v) is 13.1. The van der Waals surface area contributed by atoms with Gasteiger partial charge in [0.1, 0.15) is 0 Å². The van der Waals surface area contributed by atoms with Crippen LogP contribution in [0.15, 0.2) is 121 Å². The van der Waals surface area contributed by atoms with Gasteiger partial charge in [-0.05, 0) is 76.3 Å². The molecule has 3 heteroatoms. The number of hydrogen-bond acceptors (Lipinski definition) is 2. The summed E-state index contributed by atoms with van der Waals surface area (Å²) in [4.78, 5) is 0. The molecular weight excluding hydrogens is 541 g/mol. The maximum Gasteiger partial charge on any atom is 0.0991 e. The molecule has 1 aliphatic carbocycles. The lowest BCUT2D eigenvalue weighted by atomic mass is 9.82. The maximum absolute atomic E-state index is 10.0. The van der Waals surface area contributed by atoms with Crippen molar-refractivity contribution in [1.82, 2.24) is 4.57 Å². The molecule has 0 fully saturated rings. The number of hydrogen-bond donors (Lipinski definition) is 0. The number of nitrogens with zero attached hydrogens (tertiary/aromatic N) is 2. The van der Waals surface area contributed by atoms with Crippen molar-refractivity contribution in [2.75, 3.05) is 0 Å². The summed E-state index contributed by atoms with van der Waals surface area (Å²) in [6.07, 6.45) is 0. The predicted octanol–water partition coefficient (Wildman–Crippen LogP) is 11.0. The molecule has 0 atom stereocenters. The molecular formula is C40H26N2S. The zero-order valence-corrected chi connectivity index (χ0v) is 24.7. The number of aromatic nitrogens is 1. The van der Waals surface area contributed by atoms with E-state index in [1.807, 2.05) is 17.4 Å². The van der Waals surface area contributed by atoms with E-state index >= 15 is 0 Å². The Morgan fingerprint density at radius 3 is 2.05 bits per heavy atom. The summed E-state index contributed by atoms with van der Waals surface area (Å²) in [5, 5.41) is 15.0. The van der Waals surface area contributed by atoms with Gasteiger partial charge in [0.15, 0.2) is 0 Å². The molecule has 0 saturated heterocycles. The largest absolute Gasteiger partial charge is 0.309 e. The van der Waals surface area contributed by atoms with Crippen LogP contribution in [0, 0.1) is 11.3 Å². The van der Waals surface area contributed by atoms with Crippen LogP contribution >= 0.6 is 11.3 Å². The van der Waals surface area contributed by atoms with Gasteiger partial charge in [0.05, 0.1) is 28.4 Å². The highest BCUT2D eigenvalue weighted by molar-refractivity contribution is 7.26. The van der Waals surface area contributed by atoms with Gasteiger partial charge in [-0.2, -0.15) is 5.26 Å². The first-order valence-electron chi connectivity index (χ1n) is 14.7. The fraction of sp³-hybridized carbons (Fsp3) is 0.0750. The topological polar surface area (TPSA) is 28.7 Å². The molecule has 0 saturated carbocycles. The number of rotatable bonds is 2. The van der Waals surface area contributed by atoms with Gasteiger partial charge in [0, 0.05) is 41.9 Å². The third-order valence-electron chi connectivity index (χ3n) is 9.44. The van der Waals surface area contributed by atoms with Crippen LogP contribution in [-0.2, 0) is 5.41 Å². The van der Waals surface area contributed by atoms with E-state index in [1.54, 1.807) is 0 Å². The molecule has 0 bridgehead atoms. The van der Waals surface area contributed by atoms with E-state index in [-0.39, 0.29) is 5.41 Å². The normalized spacial score (nSPS) is 13.5. The molecule has 43 heavy (non-hydrogen) atoms.